The maximum Gasteiger partial charge on any atom is 0.243 e. The molecule has 1 atom stereocenters. The monoisotopic (exact) mass is 524 g/mol. The fraction of sp³-hybridized carbons (Fsp3) is 0.632. The summed E-state index contributed by atoms with van der Waals surface area (Å²) in [5, 5.41) is 6.53. The van der Waals surface area contributed by atoms with Crippen LogP contribution in [0.25, 0.3) is 0 Å². The molecule has 28 heavy (non-hydrogen) atoms. The molecule has 1 fully saturated rings. The maximum atomic E-state index is 12.5. The minimum absolute atomic E-state index is 0. The first-order valence-electron chi connectivity index (χ1n) is 9.55. The minimum atomic E-state index is -3.45. The van der Waals surface area contributed by atoms with Crippen LogP contribution in [0.1, 0.15) is 39.2 Å². The van der Waals surface area contributed by atoms with Crippen molar-refractivity contribution < 1.29 is 13.2 Å². The summed E-state index contributed by atoms with van der Waals surface area (Å²) in [6.45, 7) is 8.55. The summed E-state index contributed by atoms with van der Waals surface area (Å²) in [5.41, 5.74) is 0.954. The zero-order chi connectivity index (χ0) is 19.9. The predicted octanol–water partition coefficient (Wildman–Crippen LogP) is 2.57. The number of nitrogens with one attached hydrogen (secondary N) is 2. The molecule has 0 aromatic heterocycles. The Hall–Kier alpha value is -0.910. The average molecular weight is 524 g/mol. The van der Waals surface area contributed by atoms with E-state index in [1.807, 2.05) is 32.9 Å². The van der Waals surface area contributed by atoms with Crippen molar-refractivity contribution in [2.24, 2.45) is 4.99 Å². The van der Waals surface area contributed by atoms with Crippen molar-refractivity contribution in [3.05, 3.63) is 29.8 Å². The van der Waals surface area contributed by atoms with E-state index in [0.717, 1.165) is 44.1 Å². The molecule has 2 N–H and O–H groups in total. The number of sulfonamides is 1. The van der Waals surface area contributed by atoms with E-state index in [0.29, 0.717) is 11.4 Å². The molecule has 1 aliphatic heterocycles. The standard InChI is InChI=1S/C19H32N4O3S.HI/c1-5-20-19(22-14-17-7-6-12-26-17)21-13-16-8-10-18(11-9-16)27(24,25)23(4)15(2)3;/h8-11,15,17H,5-7,12-14H2,1-4H3,(H2,20,21,22);1H. The topological polar surface area (TPSA) is 83.0 Å². The fourth-order valence-corrected chi connectivity index (χ4v) is 4.11. The van der Waals surface area contributed by atoms with Crippen LogP contribution in [0.4, 0.5) is 0 Å². The van der Waals surface area contributed by atoms with Crippen LogP contribution in [0.3, 0.4) is 0 Å². The number of halogens is 1. The third-order valence-corrected chi connectivity index (χ3v) is 6.66. The average Bonchev–Trinajstić information content (AvgIpc) is 3.17. The molecule has 0 saturated carbocycles. The number of hydrogen-bond donors (Lipinski definition) is 2. The van der Waals surface area contributed by atoms with Crippen LogP contribution < -0.4 is 10.6 Å². The summed E-state index contributed by atoms with van der Waals surface area (Å²) in [5.74, 6) is 0.740. The normalized spacial score (nSPS) is 17.6. The van der Waals surface area contributed by atoms with Gasteiger partial charge in [-0.05, 0) is 51.3 Å². The first-order chi connectivity index (χ1) is 12.8. The van der Waals surface area contributed by atoms with Crippen LogP contribution in [-0.2, 0) is 21.3 Å². The van der Waals surface area contributed by atoms with Crippen LogP contribution in [-0.4, -0.2) is 57.6 Å². The molecule has 0 amide bonds. The van der Waals surface area contributed by atoms with Gasteiger partial charge in [-0.3, -0.25) is 0 Å². The SMILES string of the molecule is CCNC(=NCc1ccc(S(=O)(=O)N(C)C(C)C)cc1)NCC1CCCO1.I. The zero-order valence-corrected chi connectivity index (χ0v) is 20.3. The number of guanidine groups is 1. The van der Waals surface area contributed by atoms with Gasteiger partial charge in [0.1, 0.15) is 0 Å². The van der Waals surface area contributed by atoms with Crippen LogP contribution in [0.15, 0.2) is 34.2 Å². The molecule has 1 aliphatic rings. The summed E-state index contributed by atoms with van der Waals surface area (Å²) < 4.78 is 32.0. The lowest BCUT2D eigenvalue weighted by molar-refractivity contribution is 0.114. The summed E-state index contributed by atoms with van der Waals surface area (Å²) in [7, 11) is -1.86. The van der Waals surface area contributed by atoms with Crippen molar-refractivity contribution in [2.75, 3.05) is 26.7 Å². The van der Waals surface area contributed by atoms with E-state index in [1.54, 1.807) is 19.2 Å². The maximum absolute atomic E-state index is 12.5. The van der Waals surface area contributed by atoms with Gasteiger partial charge >= 0.3 is 0 Å². The molecule has 0 aliphatic carbocycles. The highest BCUT2D eigenvalue weighted by atomic mass is 127. The molecule has 1 saturated heterocycles. The van der Waals surface area contributed by atoms with Crippen LogP contribution in [0, 0.1) is 0 Å². The molecule has 2 rings (SSSR count). The van der Waals surface area contributed by atoms with Crippen LogP contribution in [0.2, 0.25) is 0 Å². The Morgan fingerprint density at radius 3 is 2.50 bits per heavy atom. The van der Waals surface area contributed by atoms with Gasteiger partial charge in [0.05, 0.1) is 17.5 Å². The summed E-state index contributed by atoms with van der Waals surface area (Å²) >= 11 is 0. The third kappa shape index (κ3) is 7.16. The molecular weight excluding hydrogens is 491 g/mol. The molecule has 0 spiro atoms. The number of ether oxygens (including phenoxy) is 1. The molecule has 7 nitrogen and oxygen atoms in total. The van der Waals surface area contributed by atoms with E-state index < -0.39 is 10.0 Å². The van der Waals surface area contributed by atoms with Gasteiger partial charge in [0.2, 0.25) is 10.0 Å². The largest absolute Gasteiger partial charge is 0.376 e. The van der Waals surface area contributed by atoms with Gasteiger partial charge in [-0.25, -0.2) is 13.4 Å². The first-order valence-corrected chi connectivity index (χ1v) is 11.0. The second-order valence-corrected chi connectivity index (χ2v) is 8.97. The summed E-state index contributed by atoms with van der Waals surface area (Å²) in [6, 6.07) is 6.83. The van der Waals surface area contributed by atoms with Gasteiger partial charge in [-0.15, -0.1) is 24.0 Å². The van der Waals surface area contributed by atoms with Crippen molar-refractivity contribution in [1.29, 1.82) is 0 Å². The Kier molecular flexibility index (Phi) is 10.7. The van der Waals surface area contributed by atoms with E-state index in [9.17, 15) is 8.42 Å². The lowest BCUT2D eigenvalue weighted by Gasteiger charge is -2.21. The molecule has 0 bridgehead atoms. The van der Waals surface area contributed by atoms with Gasteiger partial charge in [0.15, 0.2) is 5.96 Å². The first kappa shape index (κ1) is 25.1. The smallest absolute Gasteiger partial charge is 0.243 e. The zero-order valence-electron chi connectivity index (χ0n) is 17.1. The van der Waals surface area contributed by atoms with Crippen LogP contribution >= 0.6 is 24.0 Å². The Bertz CT molecular complexity index is 717. The fourth-order valence-electron chi connectivity index (χ4n) is 2.74. The molecular formula is C19H33IN4O3S. The number of benzene rings is 1. The minimum Gasteiger partial charge on any atom is -0.376 e. The number of rotatable bonds is 8. The van der Waals surface area contributed by atoms with Gasteiger partial charge < -0.3 is 15.4 Å². The Labute approximate surface area is 186 Å². The molecule has 1 heterocycles. The molecule has 1 aromatic carbocycles. The number of hydrogen-bond acceptors (Lipinski definition) is 4. The van der Waals surface area contributed by atoms with E-state index in [1.165, 1.54) is 4.31 Å². The number of nitrogens with zero attached hydrogens (tertiary/aromatic N) is 2. The highest BCUT2D eigenvalue weighted by Gasteiger charge is 2.22. The van der Waals surface area contributed by atoms with Crippen molar-refractivity contribution in [3.8, 4) is 0 Å². The molecule has 0 radical (unpaired) electrons. The van der Waals surface area contributed by atoms with Crippen molar-refractivity contribution in [1.82, 2.24) is 14.9 Å². The number of aliphatic imine (C=N–C) groups is 1. The second kappa shape index (κ2) is 11.9. The lowest BCUT2D eigenvalue weighted by atomic mass is 10.2. The predicted molar refractivity (Wildman–Crippen MR) is 124 cm³/mol. The third-order valence-electron chi connectivity index (χ3n) is 4.61. The van der Waals surface area contributed by atoms with E-state index >= 15 is 0 Å². The molecule has 1 unspecified atom stereocenters. The summed E-state index contributed by atoms with van der Waals surface area (Å²) in [4.78, 5) is 4.88. The Morgan fingerprint density at radius 2 is 1.96 bits per heavy atom. The lowest BCUT2D eigenvalue weighted by Crippen LogP contribution is -2.41. The highest BCUT2D eigenvalue weighted by Crippen LogP contribution is 2.17. The van der Waals surface area contributed by atoms with E-state index in [-0.39, 0.29) is 36.1 Å². The quantitative estimate of drug-likeness (QED) is 0.311. The molecule has 1 aromatic rings. The van der Waals surface area contributed by atoms with Gasteiger partial charge in [-0.1, -0.05) is 12.1 Å². The summed E-state index contributed by atoms with van der Waals surface area (Å²) in [6.07, 6.45) is 2.44. The van der Waals surface area contributed by atoms with Crippen molar-refractivity contribution >= 4 is 40.0 Å². The second-order valence-electron chi connectivity index (χ2n) is 6.97. The van der Waals surface area contributed by atoms with Gasteiger partial charge in [-0.2, -0.15) is 4.31 Å². The van der Waals surface area contributed by atoms with E-state index in [2.05, 4.69) is 15.6 Å². The molecule has 9 heteroatoms. The Morgan fingerprint density at radius 1 is 1.29 bits per heavy atom. The highest BCUT2D eigenvalue weighted by molar-refractivity contribution is 14.0. The van der Waals surface area contributed by atoms with Crippen molar-refractivity contribution in [2.45, 2.75) is 57.2 Å². The van der Waals surface area contributed by atoms with E-state index in [4.69, 9.17) is 4.74 Å². The molecule has 160 valence electrons. The van der Waals surface area contributed by atoms with Crippen LogP contribution in [0.5, 0.6) is 0 Å². The van der Waals surface area contributed by atoms with Gasteiger partial charge in [0, 0.05) is 32.8 Å². The van der Waals surface area contributed by atoms with Crippen molar-refractivity contribution in [3.63, 3.8) is 0 Å². The Balaban J connectivity index is 0.00000392. The van der Waals surface area contributed by atoms with Gasteiger partial charge in [0.25, 0.3) is 0 Å².